The summed E-state index contributed by atoms with van der Waals surface area (Å²) in [4.78, 5) is 17.8. The maximum atomic E-state index is 13.8. The number of nitrogens with zero attached hydrogens (tertiary/aromatic N) is 1. The fraction of sp³-hybridized carbons (Fsp3) is 0.373. The molecule has 60 heavy (non-hydrogen) atoms. The number of methoxy groups -OCH3 is 1. The van der Waals surface area contributed by atoms with Crippen LogP contribution in [0.5, 0.6) is 17.2 Å². The van der Waals surface area contributed by atoms with Crippen LogP contribution in [-0.4, -0.2) is 42.2 Å². The highest BCUT2D eigenvalue weighted by atomic mass is 16.5. The molecule has 9 heteroatoms. The lowest BCUT2D eigenvalue weighted by Crippen LogP contribution is -2.24. The second-order valence-corrected chi connectivity index (χ2v) is 16.7. The Bertz CT molecular complexity index is 2470. The van der Waals surface area contributed by atoms with Gasteiger partial charge in [-0.15, -0.1) is 0 Å². The van der Waals surface area contributed by atoms with Gasteiger partial charge in [0.1, 0.15) is 36.1 Å². The SMILES string of the molecule is CN=C(N)Nc1cccc(CCCC[C@H]2C=CC(O)=C[C@H]2C[C@H]2CC(=O)CCc3ccc(OC)c(c3)OCc3cc4c5c(c(O)cc6c5c3C=C[C@@H]6C)[C@H](C#CO2)CC4)c1. The molecular formula is C51H55N3O6. The monoisotopic (exact) mass is 805 g/mol. The number of aryl methyl sites for hydroxylation is 3. The first-order chi connectivity index (χ1) is 29.2. The lowest BCUT2D eigenvalue weighted by atomic mass is 9.74. The van der Waals surface area contributed by atoms with Crippen molar-refractivity contribution in [1.29, 1.82) is 0 Å². The number of benzene rings is 4. The average molecular weight is 806 g/mol. The minimum atomic E-state index is -0.489. The molecule has 0 aromatic heterocycles. The molecule has 0 unspecified atom stereocenters. The summed E-state index contributed by atoms with van der Waals surface area (Å²) >= 11 is 0. The Morgan fingerprint density at radius 2 is 1.88 bits per heavy atom. The predicted octanol–water partition coefficient (Wildman–Crippen LogP) is 9.95. The number of fused-ring (bicyclic) bond motifs is 7. The van der Waals surface area contributed by atoms with Crippen LogP contribution in [0.2, 0.25) is 0 Å². The summed E-state index contributed by atoms with van der Waals surface area (Å²) in [6, 6.07) is 18.3. The first-order valence-electron chi connectivity index (χ1n) is 21.3. The number of aromatic hydroxyl groups is 1. The van der Waals surface area contributed by atoms with Crippen LogP contribution in [0.15, 0.2) is 89.7 Å². The van der Waals surface area contributed by atoms with Crippen LogP contribution >= 0.6 is 0 Å². The highest BCUT2D eigenvalue weighted by Gasteiger charge is 2.31. The Morgan fingerprint density at radius 3 is 2.73 bits per heavy atom. The maximum absolute atomic E-state index is 13.8. The van der Waals surface area contributed by atoms with Crippen LogP contribution in [0.1, 0.15) is 103 Å². The highest BCUT2D eigenvalue weighted by Crippen LogP contribution is 2.49. The summed E-state index contributed by atoms with van der Waals surface area (Å²) in [5.74, 6) is 5.65. The molecule has 4 aromatic rings. The van der Waals surface area contributed by atoms with E-state index in [1.54, 1.807) is 20.2 Å². The van der Waals surface area contributed by atoms with Gasteiger partial charge in [0.25, 0.3) is 0 Å². The second-order valence-electron chi connectivity index (χ2n) is 16.7. The number of aliphatic imine (C=N–C) groups is 1. The molecule has 2 heterocycles. The molecule has 5 aliphatic rings. The van der Waals surface area contributed by atoms with Crippen LogP contribution in [0.3, 0.4) is 0 Å². The summed E-state index contributed by atoms with van der Waals surface area (Å²) in [5, 5.41) is 27.7. The first kappa shape index (κ1) is 40.6. The first-order valence-corrected chi connectivity index (χ1v) is 21.3. The van der Waals surface area contributed by atoms with Gasteiger partial charge in [0.15, 0.2) is 17.5 Å². The van der Waals surface area contributed by atoms with Gasteiger partial charge in [0.2, 0.25) is 0 Å². The van der Waals surface area contributed by atoms with Crippen LogP contribution in [-0.2, 0) is 35.4 Å². The molecule has 5 atom stereocenters. The number of guanidine groups is 1. The van der Waals surface area contributed by atoms with Crippen molar-refractivity contribution < 1.29 is 29.2 Å². The molecule has 310 valence electrons. The molecule has 0 radical (unpaired) electrons. The number of rotatable bonds is 9. The number of Topliss-reactive ketones (excluding diaryl/α,β-unsaturated/α-hetero) is 1. The summed E-state index contributed by atoms with van der Waals surface area (Å²) in [6.45, 7) is 2.51. The number of unbranched alkanes of at least 4 members (excludes halogenated alkanes) is 1. The quantitative estimate of drug-likeness (QED) is 0.0569. The van der Waals surface area contributed by atoms with Gasteiger partial charge >= 0.3 is 0 Å². The van der Waals surface area contributed by atoms with E-state index in [9.17, 15) is 15.0 Å². The number of aliphatic hydroxyl groups excluding tert-OH is 1. The Hall–Kier alpha value is -6.14. The lowest BCUT2D eigenvalue weighted by Gasteiger charge is -2.30. The summed E-state index contributed by atoms with van der Waals surface area (Å²) in [6.07, 6.45) is 19.7. The number of anilines is 1. The summed E-state index contributed by atoms with van der Waals surface area (Å²) < 4.78 is 18.7. The van der Waals surface area contributed by atoms with Crippen molar-refractivity contribution in [3.05, 3.63) is 124 Å². The molecule has 0 amide bonds. The Balaban J connectivity index is 1.06. The van der Waals surface area contributed by atoms with Gasteiger partial charge in [-0.05, 0) is 143 Å². The topological polar surface area (TPSA) is 136 Å². The van der Waals surface area contributed by atoms with E-state index in [2.05, 4.69) is 65.7 Å². The zero-order valence-corrected chi connectivity index (χ0v) is 34.8. The third-order valence-corrected chi connectivity index (χ3v) is 12.6. The number of carbonyl (C=O) groups is 1. The molecule has 0 saturated heterocycles. The fourth-order valence-electron chi connectivity index (χ4n) is 9.48. The van der Waals surface area contributed by atoms with Crippen molar-refractivity contribution in [2.24, 2.45) is 22.6 Å². The van der Waals surface area contributed by atoms with Gasteiger partial charge in [-0.3, -0.25) is 9.79 Å². The normalized spacial score (nSPS) is 22.2. The molecule has 0 fully saturated rings. The number of hydrogen-bond acceptors (Lipinski definition) is 7. The van der Waals surface area contributed by atoms with Crippen LogP contribution in [0.25, 0.3) is 16.8 Å². The van der Waals surface area contributed by atoms with Gasteiger partial charge in [-0.1, -0.05) is 61.8 Å². The van der Waals surface area contributed by atoms with Crippen LogP contribution in [0.4, 0.5) is 5.69 Å². The number of carbonyl (C=O) groups excluding carboxylic acids is 1. The second kappa shape index (κ2) is 18.0. The minimum absolute atomic E-state index is 0.0349. The van der Waals surface area contributed by atoms with Gasteiger partial charge in [0, 0.05) is 37.1 Å². The van der Waals surface area contributed by atoms with Gasteiger partial charge in [0.05, 0.1) is 13.0 Å². The van der Waals surface area contributed by atoms with Crippen molar-refractivity contribution in [3.8, 4) is 29.3 Å². The van der Waals surface area contributed by atoms with E-state index in [-0.39, 0.29) is 47.4 Å². The highest BCUT2D eigenvalue weighted by molar-refractivity contribution is 6.03. The smallest absolute Gasteiger partial charge is 0.192 e. The number of phenols is 1. The number of ketones is 1. The standard InChI is InChI=1S/C51H55N3O6/c1-31-11-19-43-38-25-36-15-14-35(48-45(57)29-44(31)50(43)49(36)48)21-22-59-42(28-41(56)17-12-33-13-20-46(58-3)47(24-33)60-30-38)27-37-26-40(55)18-16-34(37)9-5-4-7-32-8-6-10-39(23-32)54-51(52)53-2/h6,8,10-11,13,16,18-20,23-26,29,31,34-35,37,42,55,57H,4-5,7,9,12,14-15,17,27-28,30H2,1-3H3,(H3,52,53,54)/t31-,34-,35-,37-,42-/m0/s1. The molecule has 3 aliphatic carbocycles. The molecule has 4 aromatic carbocycles. The van der Waals surface area contributed by atoms with E-state index >= 15 is 0 Å². The van der Waals surface area contributed by atoms with E-state index in [0.717, 1.165) is 82.8 Å². The van der Waals surface area contributed by atoms with Crippen molar-refractivity contribution in [1.82, 2.24) is 0 Å². The Morgan fingerprint density at radius 1 is 1.00 bits per heavy atom. The number of ether oxygens (including phenoxy) is 3. The number of phenolic OH excluding ortho intramolecular Hbond substituents is 1. The summed E-state index contributed by atoms with van der Waals surface area (Å²) in [7, 11) is 3.30. The largest absolute Gasteiger partial charge is 0.508 e. The van der Waals surface area contributed by atoms with E-state index in [4.69, 9.17) is 19.9 Å². The van der Waals surface area contributed by atoms with E-state index in [1.165, 1.54) is 11.1 Å². The van der Waals surface area contributed by atoms with Crippen molar-refractivity contribution in [2.45, 2.75) is 95.7 Å². The van der Waals surface area contributed by atoms with Crippen LogP contribution in [0, 0.1) is 23.9 Å². The van der Waals surface area contributed by atoms with Gasteiger partial charge in [-0.25, -0.2) is 0 Å². The van der Waals surface area contributed by atoms with E-state index in [0.29, 0.717) is 43.3 Å². The maximum Gasteiger partial charge on any atom is 0.192 e. The van der Waals surface area contributed by atoms with E-state index < -0.39 is 6.10 Å². The zero-order valence-electron chi connectivity index (χ0n) is 34.8. The Kier molecular flexibility index (Phi) is 12.2. The number of allylic oxidation sites excluding steroid dienone is 4. The molecule has 2 aliphatic heterocycles. The third kappa shape index (κ3) is 8.89. The lowest BCUT2D eigenvalue weighted by molar-refractivity contribution is -0.121. The van der Waals surface area contributed by atoms with Crippen molar-refractivity contribution in [2.75, 3.05) is 19.5 Å². The van der Waals surface area contributed by atoms with Gasteiger partial charge < -0.3 is 35.5 Å². The van der Waals surface area contributed by atoms with Crippen molar-refractivity contribution >= 4 is 34.3 Å². The summed E-state index contributed by atoms with van der Waals surface area (Å²) in [5.41, 5.74) is 14.3. The minimum Gasteiger partial charge on any atom is -0.508 e. The predicted molar refractivity (Wildman–Crippen MR) is 239 cm³/mol. The molecule has 0 spiro atoms. The molecule has 9 nitrogen and oxygen atoms in total. The Labute approximate surface area is 353 Å². The molecule has 9 rings (SSSR count). The average Bonchev–Trinajstić information content (AvgIpc) is 3.24. The molecule has 5 N–H and O–H groups in total. The van der Waals surface area contributed by atoms with Crippen LogP contribution < -0.4 is 20.5 Å². The van der Waals surface area contributed by atoms with E-state index in [1.807, 2.05) is 42.5 Å². The molecular weight excluding hydrogens is 751 g/mol. The fourth-order valence-corrected chi connectivity index (χ4v) is 9.48. The van der Waals surface area contributed by atoms with Gasteiger partial charge in [-0.2, -0.15) is 0 Å². The molecule has 0 saturated carbocycles. The van der Waals surface area contributed by atoms with Crippen molar-refractivity contribution in [3.63, 3.8) is 0 Å². The third-order valence-electron chi connectivity index (χ3n) is 12.6. The number of hydrogen-bond donors (Lipinski definition) is 4. The number of nitrogens with one attached hydrogen (secondary N) is 1. The zero-order chi connectivity index (χ0) is 41.8. The number of aliphatic hydroxyl groups is 1. The molecule has 8 bridgehead atoms. The number of nitrogens with two attached hydrogens (primary N) is 1.